The Labute approximate surface area is 179 Å². The number of carbonyl (C=O) groups excluding carboxylic acids is 2. The number of hydrogen-bond donors (Lipinski definition) is 1. The van der Waals surface area contributed by atoms with Crippen molar-refractivity contribution in [3.05, 3.63) is 64.1 Å². The van der Waals surface area contributed by atoms with Crippen molar-refractivity contribution in [2.24, 2.45) is 0 Å². The van der Waals surface area contributed by atoms with Crippen LogP contribution in [0.25, 0.3) is 5.69 Å². The number of rotatable bonds is 9. The fourth-order valence-corrected chi connectivity index (χ4v) is 4.73. The zero-order chi connectivity index (χ0) is 20.8. The van der Waals surface area contributed by atoms with Gasteiger partial charge < -0.3 is 5.32 Å². The number of nitrogens with zero attached hydrogens (tertiary/aromatic N) is 2. The third-order valence-corrected chi connectivity index (χ3v) is 6.61. The molecule has 5 nitrogen and oxygen atoms in total. The third kappa shape index (κ3) is 5.81. The minimum Gasteiger partial charge on any atom is -0.356 e. The molecular weight excluding hydrogens is 402 g/mol. The number of carbonyl (C=O) groups is 2. The van der Waals surface area contributed by atoms with Gasteiger partial charge in [0.05, 0.1) is 10.6 Å². The molecule has 0 bridgehead atoms. The van der Waals surface area contributed by atoms with E-state index in [0.717, 1.165) is 27.0 Å². The summed E-state index contributed by atoms with van der Waals surface area (Å²) < 4.78 is 2.01. The summed E-state index contributed by atoms with van der Waals surface area (Å²) >= 11 is 2.94. The molecule has 0 saturated heterocycles. The van der Waals surface area contributed by atoms with E-state index in [1.165, 1.54) is 35.6 Å². The van der Waals surface area contributed by atoms with Crippen LogP contribution in [0.1, 0.15) is 46.8 Å². The number of nitrogens with one attached hydrogen (secondary N) is 1. The average molecular weight is 428 g/mol. The second-order valence-electron chi connectivity index (χ2n) is 7.04. The highest BCUT2D eigenvalue weighted by molar-refractivity contribution is 7.99. The van der Waals surface area contributed by atoms with Crippen LogP contribution >= 0.6 is 23.1 Å². The Morgan fingerprint density at radius 2 is 1.93 bits per heavy atom. The van der Waals surface area contributed by atoms with E-state index in [4.69, 9.17) is 0 Å². The molecule has 0 aliphatic carbocycles. The van der Waals surface area contributed by atoms with E-state index < -0.39 is 0 Å². The van der Waals surface area contributed by atoms with Crippen LogP contribution in [0.4, 0.5) is 0 Å². The summed E-state index contributed by atoms with van der Waals surface area (Å²) in [5.41, 5.74) is 2.34. The van der Waals surface area contributed by atoms with Gasteiger partial charge in [-0.25, -0.2) is 4.98 Å². The molecule has 0 saturated carbocycles. The lowest BCUT2D eigenvalue weighted by atomic mass is 10.0. The lowest BCUT2D eigenvalue weighted by Crippen LogP contribution is -2.22. The van der Waals surface area contributed by atoms with Gasteiger partial charge in [0.15, 0.2) is 10.9 Å². The molecule has 1 aromatic carbocycles. The summed E-state index contributed by atoms with van der Waals surface area (Å²) in [6.07, 6.45) is 4.42. The Bertz CT molecular complexity index is 974. The van der Waals surface area contributed by atoms with Crippen LogP contribution in [0.2, 0.25) is 0 Å². The maximum atomic E-state index is 12.6. The van der Waals surface area contributed by atoms with Crippen molar-refractivity contribution < 1.29 is 9.59 Å². The van der Waals surface area contributed by atoms with Gasteiger partial charge in [0.25, 0.3) is 0 Å². The molecule has 0 unspecified atom stereocenters. The molecule has 0 atom stereocenters. The van der Waals surface area contributed by atoms with Crippen molar-refractivity contribution in [2.75, 3.05) is 12.3 Å². The molecule has 152 valence electrons. The molecule has 29 heavy (non-hydrogen) atoms. The normalized spacial score (nSPS) is 11.0. The van der Waals surface area contributed by atoms with E-state index in [2.05, 4.69) is 48.4 Å². The van der Waals surface area contributed by atoms with Crippen LogP contribution in [0.5, 0.6) is 0 Å². The van der Waals surface area contributed by atoms with Gasteiger partial charge >= 0.3 is 0 Å². The van der Waals surface area contributed by atoms with Crippen molar-refractivity contribution in [1.82, 2.24) is 14.9 Å². The molecule has 0 spiro atoms. The molecule has 3 aromatic rings. The van der Waals surface area contributed by atoms with Crippen LogP contribution in [-0.4, -0.2) is 33.5 Å². The third-order valence-electron chi connectivity index (χ3n) is 4.46. The SMILES string of the molecule is CC(=O)NCCc1ccc(C(=O)CSc2nccn2-c2ccc(C(C)C)cc2)s1. The Balaban J connectivity index is 1.59. The number of aromatic nitrogens is 2. The van der Waals surface area contributed by atoms with E-state index in [-0.39, 0.29) is 11.7 Å². The van der Waals surface area contributed by atoms with Crippen molar-refractivity contribution in [2.45, 2.75) is 38.3 Å². The van der Waals surface area contributed by atoms with Crippen molar-refractivity contribution in [3.8, 4) is 5.69 Å². The number of ketones is 1. The average Bonchev–Trinajstić information content (AvgIpc) is 3.35. The van der Waals surface area contributed by atoms with Gasteiger partial charge in [-0.2, -0.15) is 0 Å². The topological polar surface area (TPSA) is 64.0 Å². The second kappa shape index (κ2) is 9.89. The zero-order valence-electron chi connectivity index (χ0n) is 16.8. The molecule has 0 fully saturated rings. The van der Waals surface area contributed by atoms with E-state index in [9.17, 15) is 9.59 Å². The second-order valence-corrected chi connectivity index (χ2v) is 9.15. The highest BCUT2D eigenvalue weighted by Gasteiger charge is 2.13. The molecule has 0 radical (unpaired) electrons. The van der Waals surface area contributed by atoms with Gasteiger partial charge in [0, 0.05) is 36.4 Å². The molecular formula is C22H25N3O2S2. The Kier molecular flexibility index (Phi) is 7.28. The first-order chi connectivity index (χ1) is 13.9. The van der Waals surface area contributed by atoms with E-state index >= 15 is 0 Å². The quantitative estimate of drug-likeness (QED) is 0.397. The lowest BCUT2D eigenvalue weighted by Gasteiger charge is -2.10. The molecule has 1 N–H and O–H groups in total. The van der Waals surface area contributed by atoms with E-state index in [0.29, 0.717) is 18.2 Å². The number of benzene rings is 1. The number of Topliss-reactive ketones (excluding diaryl/α,β-unsaturated/α-hetero) is 1. The largest absolute Gasteiger partial charge is 0.356 e. The predicted octanol–water partition coefficient (Wildman–Crippen LogP) is 4.71. The minimum atomic E-state index is -0.0383. The zero-order valence-corrected chi connectivity index (χ0v) is 18.5. The molecule has 0 aliphatic heterocycles. The first-order valence-electron chi connectivity index (χ1n) is 9.57. The van der Waals surface area contributed by atoms with E-state index in [1.807, 2.05) is 22.9 Å². The van der Waals surface area contributed by atoms with E-state index in [1.54, 1.807) is 6.20 Å². The van der Waals surface area contributed by atoms with Crippen molar-refractivity contribution in [3.63, 3.8) is 0 Å². The summed E-state index contributed by atoms with van der Waals surface area (Å²) in [5.74, 6) is 0.888. The first-order valence-corrected chi connectivity index (χ1v) is 11.4. The van der Waals surface area contributed by atoms with Gasteiger partial charge in [-0.15, -0.1) is 11.3 Å². The number of imidazole rings is 1. The van der Waals surface area contributed by atoms with Crippen LogP contribution < -0.4 is 5.32 Å². The number of thiophene rings is 1. The lowest BCUT2D eigenvalue weighted by molar-refractivity contribution is -0.118. The molecule has 2 heterocycles. The summed E-state index contributed by atoms with van der Waals surface area (Å²) in [4.78, 5) is 29.8. The fourth-order valence-electron chi connectivity index (χ4n) is 2.84. The fraction of sp³-hybridized carbons (Fsp3) is 0.318. The molecule has 3 rings (SSSR count). The van der Waals surface area contributed by atoms with Crippen LogP contribution in [0, 0.1) is 0 Å². The Morgan fingerprint density at radius 3 is 2.62 bits per heavy atom. The molecule has 1 amide bonds. The number of amides is 1. The predicted molar refractivity (Wildman–Crippen MR) is 119 cm³/mol. The standard InChI is InChI=1S/C22H25N3O2S2/c1-15(2)17-4-6-18(7-5-17)25-13-12-24-22(25)28-14-20(27)21-9-8-19(29-21)10-11-23-16(3)26/h4-9,12-13,15H,10-11,14H2,1-3H3,(H,23,26). The number of thioether (sulfide) groups is 1. The van der Waals surface area contributed by atoms with Gasteiger partial charge in [-0.3, -0.25) is 14.2 Å². The van der Waals surface area contributed by atoms with Crippen LogP contribution in [0.3, 0.4) is 0 Å². The van der Waals surface area contributed by atoms with Gasteiger partial charge in [0.2, 0.25) is 5.91 Å². The Hall–Kier alpha value is -2.38. The maximum Gasteiger partial charge on any atom is 0.216 e. The highest BCUT2D eigenvalue weighted by Crippen LogP contribution is 2.25. The molecule has 2 aromatic heterocycles. The Morgan fingerprint density at radius 1 is 1.17 bits per heavy atom. The highest BCUT2D eigenvalue weighted by atomic mass is 32.2. The van der Waals surface area contributed by atoms with Gasteiger partial charge in [-0.05, 0) is 42.2 Å². The van der Waals surface area contributed by atoms with Crippen LogP contribution in [-0.2, 0) is 11.2 Å². The maximum absolute atomic E-state index is 12.6. The molecule has 7 heteroatoms. The molecule has 0 aliphatic rings. The number of hydrogen-bond acceptors (Lipinski definition) is 5. The van der Waals surface area contributed by atoms with Gasteiger partial charge in [0.1, 0.15) is 0 Å². The van der Waals surface area contributed by atoms with Crippen molar-refractivity contribution in [1.29, 1.82) is 0 Å². The summed E-state index contributed by atoms with van der Waals surface area (Å²) in [7, 11) is 0. The van der Waals surface area contributed by atoms with Crippen molar-refractivity contribution >= 4 is 34.8 Å². The summed E-state index contributed by atoms with van der Waals surface area (Å²) in [6.45, 7) is 6.44. The summed E-state index contributed by atoms with van der Waals surface area (Å²) in [6, 6.07) is 12.3. The smallest absolute Gasteiger partial charge is 0.216 e. The minimum absolute atomic E-state index is 0.0383. The summed E-state index contributed by atoms with van der Waals surface area (Å²) in [5, 5.41) is 3.58. The first kappa shape index (κ1) is 21.3. The monoisotopic (exact) mass is 427 g/mol. The van der Waals surface area contributed by atoms with Crippen LogP contribution in [0.15, 0.2) is 53.9 Å². The van der Waals surface area contributed by atoms with Gasteiger partial charge in [-0.1, -0.05) is 37.7 Å².